The summed E-state index contributed by atoms with van der Waals surface area (Å²) in [6.07, 6.45) is 3.64. The summed E-state index contributed by atoms with van der Waals surface area (Å²) in [5, 5.41) is 9.02. The summed E-state index contributed by atoms with van der Waals surface area (Å²) in [6.45, 7) is 4.29. The molecule has 5 heteroatoms. The molecule has 0 bridgehead atoms. The Bertz CT molecular complexity index is 478. The molecular weight excluding hydrogens is 242 g/mol. The van der Waals surface area contributed by atoms with Gasteiger partial charge in [-0.25, -0.2) is 9.78 Å². The van der Waals surface area contributed by atoms with Gasteiger partial charge in [-0.05, 0) is 37.9 Å². The summed E-state index contributed by atoms with van der Waals surface area (Å²) in [7, 11) is 0. The first-order valence-corrected chi connectivity index (χ1v) is 6.93. The molecule has 0 amide bonds. The van der Waals surface area contributed by atoms with Gasteiger partial charge in [0.1, 0.15) is 5.82 Å². The number of fused-ring (bicyclic) bond motifs is 1. The highest BCUT2D eigenvalue weighted by Gasteiger charge is 2.29. The van der Waals surface area contributed by atoms with Crippen LogP contribution < -0.4 is 4.90 Å². The molecule has 3 heterocycles. The lowest BCUT2D eigenvalue weighted by atomic mass is 10.2. The minimum atomic E-state index is -0.959. The minimum absolute atomic E-state index is 0.130. The molecule has 5 nitrogen and oxygen atoms in total. The number of hydrogen-bond acceptors (Lipinski definition) is 4. The molecule has 0 aromatic carbocycles. The Kier molecular flexibility index (Phi) is 3.38. The maximum atomic E-state index is 11.0. The Labute approximate surface area is 112 Å². The lowest BCUT2D eigenvalue weighted by Gasteiger charge is -2.26. The summed E-state index contributed by atoms with van der Waals surface area (Å²) in [4.78, 5) is 20.1. The van der Waals surface area contributed by atoms with Crippen LogP contribution in [0.1, 0.15) is 29.8 Å². The Morgan fingerprint density at radius 2 is 2.11 bits per heavy atom. The highest BCUT2D eigenvalue weighted by molar-refractivity contribution is 5.85. The van der Waals surface area contributed by atoms with E-state index in [1.165, 1.54) is 19.4 Å². The molecule has 1 atom stereocenters. The molecular formula is C14H19N3O2. The highest BCUT2D eigenvalue weighted by Crippen LogP contribution is 2.24. The second-order valence-electron chi connectivity index (χ2n) is 5.32. The zero-order valence-corrected chi connectivity index (χ0v) is 11.0. The predicted molar refractivity (Wildman–Crippen MR) is 72.6 cm³/mol. The third-order valence-electron chi connectivity index (χ3n) is 4.08. The zero-order chi connectivity index (χ0) is 13.2. The van der Waals surface area contributed by atoms with Gasteiger partial charge in [0.15, 0.2) is 5.69 Å². The van der Waals surface area contributed by atoms with Gasteiger partial charge in [0.25, 0.3) is 0 Å². The van der Waals surface area contributed by atoms with Gasteiger partial charge in [-0.15, -0.1) is 0 Å². The lowest BCUT2D eigenvalue weighted by molar-refractivity contribution is 0.0690. The third-order valence-corrected chi connectivity index (χ3v) is 4.08. The molecule has 3 rings (SSSR count). The van der Waals surface area contributed by atoms with E-state index in [-0.39, 0.29) is 5.69 Å². The minimum Gasteiger partial charge on any atom is -0.477 e. The second-order valence-corrected chi connectivity index (χ2v) is 5.32. The SMILES string of the molecule is O=C(O)c1cccc(N2CCCN3CCCC3C2)n1. The van der Waals surface area contributed by atoms with Gasteiger partial charge in [-0.2, -0.15) is 0 Å². The molecule has 2 fully saturated rings. The topological polar surface area (TPSA) is 56.7 Å². The quantitative estimate of drug-likeness (QED) is 0.873. The van der Waals surface area contributed by atoms with E-state index in [0.717, 1.165) is 31.9 Å². The van der Waals surface area contributed by atoms with E-state index in [9.17, 15) is 4.79 Å². The van der Waals surface area contributed by atoms with E-state index in [1.54, 1.807) is 12.1 Å². The number of pyridine rings is 1. The fourth-order valence-corrected chi connectivity index (χ4v) is 3.13. The van der Waals surface area contributed by atoms with Crippen molar-refractivity contribution in [1.29, 1.82) is 0 Å². The molecule has 0 radical (unpaired) electrons. The van der Waals surface area contributed by atoms with E-state index in [4.69, 9.17) is 5.11 Å². The van der Waals surface area contributed by atoms with Crippen LogP contribution in [-0.2, 0) is 0 Å². The number of rotatable bonds is 2. The van der Waals surface area contributed by atoms with Gasteiger partial charge < -0.3 is 10.0 Å². The summed E-state index contributed by atoms with van der Waals surface area (Å²) in [5.41, 5.74) is 0.130. The average molecular weight is 261 g/mol. The molecule has 2 aliphatic rings. The third kappa shape index (κ3) is 2.56. The van der Waals surface area contributed by atoms with Crippen LogP contribution in [0.3, 0.4) is 0 Å². The van der Waals surface area contributed by atoms with Crippen LogP contribution in [0.15, 0.2) is 18.2 Å². The monoisotopic (exact) mass is 261 g/mol. The number of carboxylic acid groups (broad SMARTS) is 1. The highest BCUT2D eigenvalue weighted by atomic mass is 16.4. The number of carboxylic acids is 1. The van der Waals surface area contributed by atoms with E-state index in [2.05, 4.69) is 14.8 Å². The van der Waals surface area contributed by atoms with Crippen molar-refractivity contribution in [3.05, 3.63) is 23.9 Å². The van der Waals surface area contributed by atoms with Crippen molar-refractivity contribution in [2.45, 2.75) is 25.3 Å². The van der Waals surface area contributed by atoms with Crippen molar-refractivity contribution in [3.8, 4) is 0 Å². The molecule has 102 valence electrons. The molecule has 0 aliphatic carbocycles. The number of aromatic carboxylic acids is 1. The fraction of sp³-hybridized carbons (Fsp3) is 0.571. The molecule has 0 spiro atoms. The molecule has 1 aromatic heterocycles. The van der Waals surface area contributed by atoms with Crippen molar-refractivity contribution < 1.29 is 9.90 Å². The van der Waals surface area contributed by atoms with Crippen molar-refractivity contribution in [3.63, 3.8) is 0 Å². The van der Waals surface area contributed by atoms with Gasteiger partial charge in [-0.3, -0.25) is 4.90 Å². The maximum Gasteiger partial charge on any atom is 0.354 e. The smallest absolute Gasteiger partial charge is 0.354 e. The predicted octanol–water partition coefficient (Wildman–Crippen LogP) is 1.45. The number of carbonyl (C=O) groups is 1. The van der Waals surface area contributed by atoms with Crippen molar-refractivity contribution >= 4 is 11.8 Å². The van der Waals surface area contributed by atoms with Gasteiger partial charge in [0.05, 0.1) is 0 Å². The Morgan fingerprint density at radius 3 is 2.95 bits per heavy atom. The molecule has 1 N–H and O–H groups in total. The molecule has 1 aromatic rings. The largest absolute Gasteiger partial charge is 0.477 e. The summed E-state index contributed by atoms with van der Waals surface area (Å²) < 4.78 is 0. The van der Waals surface area contributed by atoms with Crippen molar-refractivity contribution in [1.82, 2.24) is 9.88 Å². The van der Waals surface area contributed by atoms with Crippen molar-refractivity contribution in [2.24, 2.45) is 0 Å². The van der Waals surface area contributed by atoms with Crippen LogP contribution in [-0.4, -0.2) is 53.2 Å². The van der Waals surface area contributed by atoms with Gasteiger partial charge in [0, 0.05) is 25.7 Å². The molecule has 1 unspecified atom stereocenters. The molecule has 2 aliphatic heterocycles. The van der Waals surface area contributed by atoms with Crippen LogP contribution in [0.2, 0.25) is 0 Å². The number of aromatic nitrogens is 1. The normalized spacial score (nSPS) is 24.0. The Balaban J connectivity index is 1.80. The van der Waals surface area contributed by atoms with E-state index in [1.807, 2.05) is 6.07 Å². The van der Waals surface area contributed by atoms with Crippen LogP contribution >= 0.6 is 0 Å². The first-order chi connectivity index (χ1) is 9.24. The van der Waals surface area contributed by atoms with Crippen LogP contribution in [0.5, 0.6) is 0 Å². The van der Waals surface area contributed by atoms with Crippen molar-refractivity contribution in [2.75, 3.05) is 31.1 Å². The molecule has 0 saturated carbocycles. The second kappa shape index (κ2) is 5.17. The van der Waals surface area contributed by atoms with Crippen LogP contribution in [0.25, 0.3) is 0 Å². The Hall–Kier alpha value is -1.62. The number of nitrogens with zero attached hydrogens (tertiary/aromatic N) is 3. The maximum absolute atomic E-state index is 11.0. The molecule has 2 saturated heterocycles. The van der Waals surface area contributed by atoms with Gasteiger partial charge >= 0.3 is 5.97 Å². The van der Waals surface area contributed by atoms with Gasteiger partial charge in [-0.1, -0.05) is 6.07 Å². The van der Waals surface area contributed by atoms with E-state index < -0.39 is 5.97 Å². The van der Waals surface area contributed by atoms with E-state index in [0.29, 0.717) is 6.04 Å². The first-order valence-electron chi connectivity index (χ1n) is 6.93. The average Bonchev–Trinajstić information content (AvgIpc) is 2.76. The molecule has 19 heavy (non-hydrogen) atoms. The van der Waals surface area contributed by atoms with Crippen LogP contribution in [0, 0.1) is 0 Å². The van der Waals surface area contributed by atoms with E-state index >= 15 is 0 Å². The summed E-state index contributed by atoms with van der Waals surface area (Å²) >= 11 is 0. The number of hydrogen-bond donors (Lipinski definition) is 1. The standard InChI is InChI=1S/C14H19N3O2/c18-14(19)12-5-1-6-13(15-12)17-9-3-8-16-7-2-4-11(16)10-17/h1,5-6,11H,2-4,7-10H2,(H,18,19). The summed E-state index contributed by atoms with van der Waals surface area (Å²) in [6, 6.07) is 5.85. The first kappa shape index (κ1) is 12.4. The Morgan fingerprint density at radius 1 is 1.26 bits per heavy atom. The van der Waals surface area contributed by atoms with Crippen LogP contribution in [0.4, 0.5) is 5.82 Å². The number of anilines is 1. The summed E-state index contributed by atoms with van der Waals surface area (Å²) in [5.74, 6) is -0.159. The van der Waals surface area contributed by atoms with Gasteiger partial charge in [0.2, 0.25) is 0 Å². The lowest BCUT2D eigenvalue weighted by Crippen LogP contribution is -2.37. The fourth-order valence-electron chi connectivity index (χ4n) is 3.13. The zero-order valence-electron chi connectivity index (χ0n) is 11.0.